The minimum atomic E-state index is -6.00. The monoisotopic (exact) mass is 631 g/mol. The number of halogens is 8. The maximum Gasteiger partial charge on any atom is 0.0886 e. The average Bonchev–Trinajstić information content (AvgIpc) is 2.95. The topological polar surface area (TPSA) is 60.8 Å². The van der Waals surface area contributed by atoms with Crippen LogP contribution in [0.3, 0.4) is 0 Å². The summed E-state index contributed by atoms with van der Waals surface area (Å²) in [6.07, 6.45) is 7.07. The molecule has 0 aromatic carbocycles. The van der Waals surface area contributed by atoms with Crippen molar-refractivity contribution in [3.8, 4) is 22.8 Å². The summed E-state index contributed by atoms with van der Waals surface area (Å²) in [7, 11) is -12.0. The fraction of sp³-hybridized carbons (Fsp3) is 0.200. The van der Waals surface area contributed by atoms with Gasteiger partial charge in [0.1, 0.15) is 0 Å². The van der Waals surface area contributed by atoms with E-state index in [0.29, 0.717) is 0 Å². The van der Waals surface area contributed by atoms with Crippen molar-refractivity contribution < 1.29 is 55.3 Å². The van der Waals surface area contributed by atoms with Crippen LogP contribution in [0.25, 0.3) is 22.8 Å². The minimum Gasteiger partial charge on any atom is -0.255 e. The molecule has 4 aromatic heterocycles. The van der Waals surface area contributed by atoms with Gasteiger partial charge in [-0.15, -0.1) is 0 Å². The Morgan fingerprint density at radius 3 is 0.780 bits per heavy atom. The van der Waals surface area contributed by atoms with E-state index in [2.05, 4.69) is 35.9 Å². The first-order chi connectivity index (χ1) is 19.3. The summed E-state index contributed by atoms with van der Waals surface area (Å²) in [4.78, 5) is 16.7. The van der Waals surface area contributed by atoms with Crippen molar-refractivity contribution in [2.45, 2.75) is 19.7 Å². The molecular weight excluding hydrogens is 602 g/mol. The van der Waals surface area contributed by atoms with Crippen LogP contribution in [0, 0.1) is 0 Å². The third-order valence-corrected chi connectivity index (χ3v) is 3.59. The molecule has 0 atom stereocenters. The van der Waals surface area contributed by atoms with Gasteiger partial charge in [-0.05, 0) is 62.4 Å². The maximum absolute atomic E-state index is 9.75. The van der Waals surface area contributed by atoms with Crippen LogP contribution in [-0.2, 0) is 20.7 Å². The Bertz CT molecular complexity index is 929. The zero-order valence-corrected chi connectivity index (χ0v) is 23.5. The standard InChI is InChI=1S/2C10H8N2.C4H10O.CH3.2BF4.Fe/c2*1-3-7-11-9(5-1)10-6-2-4-8-12-10;1-3-5-4-2;;2*2-1(3,4)5;/h2*1-8H;3-4H2,1-2H3;1H3;;;/q;;;;2*-1;+2. The number of hydrogen-bond acceptors (Lipinski definition) is 5. The van der Waals surface area contributed by atoms with Gasteiger partial charge in [0, 0.05) is 38.0 Å². The van der Waals surface area contributed by atoms with E-state index in [0.717, 1.165) is 36.0 Å². The number of pyridine rings is 4. The molecule has 16 heteroatoms. The van der Waals surface area contributed by atoms with E-state index in [1.807, 2.05) is 86.6 Å². The first kappa shape index (κ1) is 39.8. The summed E-state index contributed by atoms with van der Waals surface area (Å²) in [6, 6.07) is 23.2. The van der Waals surface area contributed by atoms with Gasteiger partial charge in [-0.2, -0.15) is 0 Å². The smallest absolute Gasteiger partial charge is 0.0886 e. The van der Waals surface area contributed by atoms with Gasteiger partial charge >= 0.3 is 36.3 Å². The number of nitrogens with zero attached hydrogens (tertiary/aromatic N) is 4. The van der Waals surface area contributed by atoms with Crippen molar-refractivity contribution in [2.75, 3.05) is 13.2 Å². The Labute approximate surface area is 242 Å². The molecule has 0 saturated heterocycles. The molecule has 225 valence electrons. The van der Waals surface area contributed by atoms with Crippen LogP contribution < -0.4 is 0 Å². The Morgan fingerprint density at radius 1 is 0.488 bits per heavy atom. The molecule has 0 saturated carbocycles. The molecular formula is C25H29B2F8FeN4O. The molecule has 0 aliphatic heterocycles. The van der Waals surface area contributed by atoms with E-state index in [9.17, 15) is 34.5 Å². The number of aromatic nitrogens is 4. The van der Waals surface area contributed by atoms with Crippen molar-refractivity contribution >= 4 is 14.5 Å². The molecule has 0 bridgehead atoms. The molecule has 0 amide bonds. The average molecular weight is 631 g/mol. The van der Waals surface area contributed by atoms with Crippen LogP contribution in [0.5, 0.6) is 0 Å². The first-order valence-electron chi connectivity index (χ1n) is 11.7. The second-order valence-electron chi connectivity index (χ2n) is 6.63. The van der Waals surface area contributed by atoms with Crippen LogP contribution in [0.2, 0.25) is 5.82 Å². The summed E-state index contributed by atoms with van der Waals surface area (Å²) in [5.74, 6) is 1.75. The van der Waals surface area contributed by atoms with Gasteiger partial charge < -0.3 is 39.3 Å². The molecule has 4 heterocycles. The number of ether oxygens (including phenoxy) is 1. The molecule has 0 N–H and O–H groups in total. The summed E-state index contributed by atoms with van der Waals surface area (Å²) < 4.78 is 82.8. The van der Waals surface area contributed by atoms with Gasteiger partial charge in [-0.25, -0.2) is 0 Å². The van der Waals surface area contributed by atoms with Crippen LogP contribution in [0.4, 0.5) is 34.5 Å². The van der Waals surface area contributed by atoms with E-state index < -0.39 is 14.5 Å². The summed E-state index contributed by atoms with van der Waals surface area (Å²) in [5, 5.41) is 0. The van der Waals surface area contributed by atoms with Gasteiger partial charge in [0.25, 0.3) is 0 Å². The zero-order chi connectivity index (χ0) is 31.6. The molecule has 4 aromatic rings. The van der Waals surface area contributed by atoms with Crippen molar-refractivity contribution in [3.63, 3.8) is 0 Å². The number of rotatable bonds is 4. The van der Waals surface area contributed by atoms with Crippen molar-refractivity contribution in [3.05, 3.63) is 97.6 Å². The third kappa shape index (κ3) is 29.5. The zero-order valence-electron chi connectivity index (χ0n) is 22.4. The van der Waals surface area contributed by atoms with Crippen molar-refractivity contribution in [2.24, 2.45) is 0 Å². The molecule has 41 heavy (non-hydrogen) atoms. The molecule has 5 nitrogen and oxygen atoms in total. The maximum atomic E-state index is 9.75. The van der Waals surface area contributed by atoms with Gasteiger partial charge in [0.2, 0.25) is 0 Å². The largest absolute Gasteiger partial charge is 0.255 e. The summed E-state index contributed by atoms with van der Waals surface area (Å²) in [6.45, 7) is 5.67. The summed E-state index contributed by atoms with van der Waals surface area (Å²) in [5.41, 5.74) is 3.66. The van der Waals surface area contributed by atoms with E-state index in [1.54, 1.807) is 30.6 Å². The molecule has 4 rings (SSSR count). The van der Waals surface area contributed by atoms with Crippen LogP contribution >= 0.6 is 0 Å². The first-order valence-corrected chi connectivity index (χ1v) is 12.8. The van der Waals surface area contributed by atoms with E-state index in [1.165, 1.54) is 0 Å². The fourth-order valence-electron chi connectivity index (χ4n) is 2.26. The predicted molar refractivity (Wildman–Crippen MR) is 143 cm³/mol. The van der Waals surface area contributed by atoms with Crippen molar-refractivity contribution in [1.82, 2.24) is 19.9 Å². The number of hydrogen-bond donors (Lipinski definition) is 0. The molecule has 0 fully saturated rings. The Balaban J connectivity index is 0. The molecule has 0 unspecified atom stereocenters. The molecule has 0 spiro atoms. The SMILES string of the molecule is CCOCC.F[B-](F)(F)F.F[B-](F)(F)F.[CH3][Fe+2].c1ccc(-c2ccccn2)nc1.c1ccc(-c2ccccn2)nc1. The second-order valence-corrected chi connectivity index (χ2v) is 6.63. The van der Waals surface area contributed by atoms with Gasteiger partial charge in [0.05, 0.1) is 22.8 Å². The minimum absolute atomic E-state index is 0.844. The molecule has 0 aliphatic carbocycles. The van der Waals surface area contributed by atoms with Gasteiger partial charge in [-0.1, -0.05) is 24.3 Å². The van der Waals surface area contributed by atoms with Crippen LogP contribution in [0.1, 0.15) is 13.8 Å². The fourth-order valence-corrected chi connectivity index (χ4v) is 2.26. The quantitative estimate of drug-likeness (QED) is 0.167. The van der Waals surface area contributed by atoms with Gasteiger partial charge in [-0.3, -0.25) is 19.9 Å². The Hall–Kier alpha value is -3.35. The Morgan fingerprint density at radius 2 is 0.683 bits per heavy atom. The summed E-state index contributed by atoms with van der Waals surface area (Å²) >= 11 is 3.25. The molecule has 0 radical (unpaired) electrons. The predicted octanol–water partition coefficient (Wildman–Crippen LogP) is 8.51. The normalized spacial score (nSPS) is 9.73. The van der Waals surface area contributed by atoms with E-state index >= 15 is 0 Å². The van der Waals surface area contributed by atoms with Crippen LogP contribution in [0.15, 0.2) is 97.6 Å². The second kappa shape index (κ2) is 24.4. The van der Waals surface area contributed by atoms with Gasteiger partial charge in [0.15, 0.2) is 0 Å². The molecule has 0 aliphatic rings. The Kier molecular flexibility index (Phi) is 23.7. The van der Waals surface area contributed by atoms with E-state index in [4.69, 9.17) is 4.74 Å². The van der Waals surface area contributed by atoms with Crippen molar-refractivity contribution in [1.29, 1.82) is 0 Å². The third-order valence-electron chi connectivity index (χ3n) is 3.59. The van der Waals surface area contributed by atoms with Crippen LogP contribution in [-0.4, -0.2) is 47.7 Å². The van der Waals surface area contributed by atoms with E-state index in [-0.39, 0.29) is 0 Å².